The maximum atomic E-state index is 13.0. The maximum absolute atomic E-state index is 13.0. The van der Waals surface area contributed by atoms with Crippen LogP contribution in [-0.4, -0.2) is 43.7 Å². The van der Waals surface area contributed by atoms with Gasteiger partial charge in [-0.05, 0) is 51.5 Å². The smallest absolute Gasteiger partial charge is 0.280 e. The zero-order valence-electron chi connectivity index (χ0n) is 18.0. The molecular formula is C23H26N6O2. The number of nitrogens with zero attached hydrogens (tertiary/aromatic N) is 5. The van der Waals surface area contributed by atoms with E-state index in [0.717, 1.165) is 28.7 Å². The first kappa shape index (κ1) is 20.7. The highest BCUT2D eigenvalue weighted by molar-refractivity contribution is 6.03. The van der Waals surface area contributed by atoms with Gasteiger partial charge < -0.3 is 9.30 Å². The number of benzene rings is 2. The molecule has 8 nitrogen and oxygen atoms in total. The predicted octanol–water partition coefficient (Wildman–Crippen LogP) is 3.91. The lowest BCUT2D eigenvalue weighted by molar-refractivity contribution is 0.102. The van der Waals surface area contributed by atoms with Gasteiger partial charge in [-0.25, -0.2) is 9.67 Å². The fourth-order valence-corrected chi connectivity index (χ4v) is 3.50. The minimum Gasteiger partial charge on any atom is -0.382 e. The largest absolute Gasteiger partial charge is 0.382 e. The number of nitrogens with one attached hydrogen (secondary N) is 1. The van der Waals surface area contributed by atoms with Crippen LogP contribution in [0.15, 0.2) is 48.5 Å². The molecule has 0 aliphatic carbocycles. The van der Waals surface area contributed by atoms with Crippen LogP contribution < -0.4 is 5.32 Å². The van der Waals surface area contributed by atoms with Crippen LogP contribution in [0.4, 0.5) is 5.95 Å². The number of fused-ring (bicyclic) bond motifs is 1. The molecule has 0 radical (unpaired) electrons. The summed E-state index contributed by atoms with van der Waals surface area (Å²) in [5.41, 5.74) is 4.75. The Hall–Kier alpha value is -3.52. The summed E-state index contributed by atoms with van der Waals surface area (Å²) >= 11 is 0. The number of carbonyl (C=O) groups excluding carboxylic acids is 1. The van der Waals surface area contributed by atoms with Gasteiger partial charge in [-0.2, -0.15) is 0 Å². The summed E-state index contributed by atoms with van der Waals surface area (Å²) in [5, 5.41) is 11.2. The fraction of sp³-hybridized carbons (Fsp3) is 0.304. The Morgan fingerprint density at radius 2 is 1.87 bits per heavy atom. The molecule has 8 heteroatoms. The van der Waals surface area contributed by atoms with Gasteiger partial charge in [0.1, 0.15) is 0 Å². The Labute approximate surface area is 180 Å². The average Bonchev–Trinajstić information content (AvgIpc) is 3.32. The Morgan fingerprint density at radius 1 is 1.10 bits per heavy atom. The van der Waals surface area contributed by atoms with Crippen LogP contribution in [0.1, 0.15) is 35.1 Å². The molecule has 0 saturated carbocycles. The lowest BCUT2D eigenvalue weighted by Crippen LogP contribution is -2.18. The number of hydrogen-bond acceptors (Lipinski definition) is 5. The highest BCUT2D eigenvalue weighted by atomic mass is 16.5. The van der Waals surface area contributed by atoms with Crippen LogP contribution in [0.25, 0.3) is 16.7 Å². The van der Waals surface area contributed by atoms with Crippen LogP contribution in [0.5, 0.6) is 0 Å². The van der Waals surface area contributed by atoms with Gasteiger partial charge in [-0.15, -0.1) is 5.10 Å². The number of aryl methyl sites for hydroxylation is 2. The first-order valence-corrected chi connectivity index (χ1v) is 10.4. The first-order chi connectivity index (χ1) is 15.1. The molecule has 2 heterocycles. The van der Waals surface area contributed by atoms with Gasteiger partial charge in [0.15, 0.2) is 5.69 Å². The number of anilines is 1. The lowest BCUT2D eigenvalue weighted by atomic mass is 10.2. The van der Waals surface area contributed by atoms with Crippen molar-refractivity contribution < 1.29 is 9.53 Å². The van der Waals surface area contributed by atoms with E-state index in [1.807, 2.05) is 73.9 Å². The molecule has 0 fully saturated rings. The molecule has 31 heavy (non-hydrogen) atoms. The molecular weight excluding hydrogens is 392 g/mol. The van der Waals surface area contributed by atoms with Crippen molar-refractivity contribution in [3.63, 3.8) is 0 Å². The Morgan fingerprint density at radius 3 is 2.65 bits per heavy atom. The molecule has 4 aromatic rings. The topological polar surface area (TPSA) is 86.9 Å². The molecule has 1 amide bonds. The quantitative estimate of drug-likeness (QED) is 0.438. The summed E-state index contributed by atoms with van der Waals surface area (Å²) < 4.78 is 9.13. The van der Waals surface area contributed by atoms with E-state index in [1.54, 1.807) is 4.68 Å². The summed E-state index contributed by atoms with van der Waals surface area (Å²) in [5.74, 6) is 0.157. The molecule has 0 unspecified atom stereocenters. The average molecular weight is 419 g/mol. The maximum Gasteiger partial charge on any atom is 0.280 e. The second-order valence-corrected chi connectivity index (χ2v) is 7.35. The third kappa shape index (κ3) is 4.34. The number of ether oxygens (including phenoxy) is 1. The number of para-hydroxylation sites is 2. The highest BCUT2D eigenvalue weighted by Crippen LogP contribution is 2.21. The molecule has 0 saturated heterocycles. The molecule has 2 aromatic heterocycles. The van der Waals surface area contributed by atoms with Gasteiger partial charge in [0.25, 0.3) is 5.91 Å². The molecule has 1 N–H and O–H groups in total. The monoisotopic (exact) mass is 418 g/mol. The molecule has 0 spiro atoms. The number of carbonyl (C=O) groups is 1. The summed E-state index contributed by atoms with van der Waals surface area (Å²) in [6, 6.07) is 15.7. The SMILES string of the molecule is CCOCCCn1c(NC(=O)c2nnn(-c3ccc(C)cc3)c2C)nc2ccccc21. The third-order valence-electron chi connectivity index (χ3n) is 5.14. The van der Waals surface area contributed by atoms with Gasteiger partial charge in [0.05, 0.1) is 22.4 Å². The Balaban J connectivity index is 1.59. The number of aromatic nitrogens is 5. The van der Waals surface area contributed by atoms with Crippen molar-refractivity contribution in [2.24, 2.45) is 0 Å². The van der Waals surface area contributed by atoms with Crippen LogP contribution in [0.3, 0.4) is 0 Å². The molecule has 0 atom stereocenters. The Bertz CT molecular complexity index is 1190. The number of amides is 1. The van der Waals surface area contributed by atoms with E-state index >= 15 is 0 Å². The van der Waals surface area contributed by atoms with Crippen molar-refractivity contribution in [2.75, 3.05) is 18.5 Å². The summed E-state index contributed by atoms with van der Waals surface area (Å²) in [4.78, 5) is 17.7. The van der Waals surface area contributed by atoms with Gasteiger partial charge in [-0.3, -0.25) is 10.1 Å². The molecule has 2 aromatic carbocycles. The van der Waals surface area contributed by atoms with Gasteiger partial charge >= 0.3 is 0 Å². The molecule has 0 aliphatic rings. The van der Waals surface area contributed by atoms with Crippen molar-refractivity contribution in [1.29, 1.82) is 0 Å². The summed E-state index contributed by atoms with van der Waals surface area (Å²) in [6.07, 6.45) is 0.819. The number of imidazole rings is 1. The van der Waals surface area contributed by atoms with Gasteiger partial charge in [-0.1, -0.05) is 35.0 Å². The van der Waals surface area contributed by atoms with Crippen molar-refractivity contribution in [3.8, 4) is 5.69 Å². The van der Waals surface area contributed by atoms with E-state index in [4.69, 9.17) is 4.74 Å². The second kappa shape index (κ2) is 9.09. The van der Waals surface area contributed by atoms with Crippen LogP contribution >= 0.6 is 0 Å². The highest BCUT2D eigenvalue weighted by Gasteiger charge is 2.20. The zero-order chi connectivity index (χ0) is 21.8. The Kier molecular flexibility index (Phi) is 6.08. The van der Waals surface area contributed by atoms with Crippen LogP contribution in [0, 0.1) is 13.8 Å². The minimum absolute atomic E-state index is 0.272. The van der Waals surface area contributed by atoms with E-state index in [-0.39, 0.29) is 11.6 Å². The van der Waals surface area contributed by atoms with Crippen LogP contribution in [0.2, 0.25) is 0 Å². The van der Waals surface area contributed by atoms with Gasteiger partial charge in [0, 0.05) is 19.8 Å². The number of hydrogen-bond donors (Lipinski definition) is 1. The standard InChI is InChI=1S/C23H26N6O2/c1-4-31-15-7-14-28-20-9-6-5-8-19(20)24-23(28)25-22(30)21-17(3)29(27-26-21)18-12-10-16(2)11-13-18/h5-6,8-13H,4,7,14-15H2,1-3H3,(H,24,25,30). The number of rotatable bonds is 8. The van der Waals surface area contributed by atoms with Crippen molar-refractivity contribution >= 4 is 22.9 Å². The van der Waals surface area contributed by atoms with Crippen molar-refractivity contribution in [1.82, 2.24) is 24.5 Å². The van der Waals surface area contributed by atoms with Crippen LogP contribution in [-0.2, 0) is 11.3 Å². The predicted molar refractivity (Wildman–Crippen MR) is 120 cm³/mol. The van der Waals surface area contributed by atoms with E-state index < -0.39 is 0 Å². The normalized spacial score (nSPS) is 11.2. The van der Waals surface area contributed by atoms with Gasteiger partial charge in [0.2, 0.25) is 5.95 Å². The summed E-state index contributed by atoms with van der Waals surface area (Å²) in [6.45, 7) is 7.86. The minimum atomic E-state index is -0.336. The van der Waals surface area contributed by atoms with E-state index in [0.29, 0.717) is 31.4 Å². The van der Waals surface area contributed by atoms with Crippen molar-refractivity contribution in [2.45, 2.75) is 33.7 Å². The molecule has 0 aliphatic heterocycles. The molecule has 0 bridgehead atoms. The molecule has 4 rings (SSSR count). The van der Waals surface area contributed by atoms with E-state index in [2.05, 4.69) is 20.6 Å². The lowest BCUT2D eigenvalue weighted by Gasteiger charge is -2.10. The zero-order valence-corrected chi connectivity index (χ0v) is 18.0. The molecule has 160 valence electrons. The second-order valence-electron chi connectivity index (χ2n) is 7.35. The fourth-order valence-electron chi connectivity index (χ4n) is 3.50. The first-order valence-electron chi connectivity index (χ1n) is 10.4. The third-order valence-corrected chi connectivity index (χ3v) is 5.14. The van der Waals surface area contributed by atoms with E-state index in [9.17, 15) is 4.79 Å². The van der Waals surface area contributed by atoms with E-state index in [1.165, 1.54) is 0 Å². The van der Waals surface area contributed by atoms with Crippen molar-refractivity contribution in [3.05, 3.63) is 65.5 Å². The summed E-state index contributed by atoms with van der Waals surface area (Å²) in [7, 11) is 0.